The average Bonchev–Trinajstić information content (AvgIpc) is 3.06. The molecule has 4 aromatic rings. The van der Waals surface area contributed by atoms with Gasteiger partial charge in [0.1, 0.15) is 5.75 Å². The number of para-hydroxylation sites is 1. The topological polar surface area (TPSA) is 25.1 Å². The molecular weight excluding hydrogens is 412 g/mol. The highest BCUT2D eigenvalue weighted by Gasteiger charge is 2.35. The Hall–Kier alpha value is -3.11. The first kappa shape index (κ1) is 22.1. The van der Waals surface area contributed by atoms with Crippen LogP contribution in [0, 0.1) is 20.8 Å². The maximum Gasteiger partial charge on any atom is 0.444 e. The average molecular weight is 444 g/mol. The Bertz CT molecular complexity index is 1200. The number of anilines is 1. The number of aromatic nitrogens is 1. The summed E-state index contributed by atoms with van der Waals surface area (Å²) in [5, 5.41) is 5.65. The zero-order chi connectivity index (χ0) is 22.9. The third-order valence-corrected chi connectivity index (χ3v) is 6.18. The largest absolute Gasteiger partial charge is 0.444 e. The summed E-state index contributed by atoms with van der Waals surface area (Å²) in [4.78, 5) is 0. The van der Waals surface area contributed by atoms with Gasteiger partial charge in [0, 0.05) is 22.2 Å². The van der Waals surface area contributed by atoms with Crippen LogP contribution in [0.2, 0.25) is 0 Å². The number of aryl methyl sites for hydroxylation is 3. The first-order valence-electron chi connectivity index (χ1n) is 11.0. The lowest BCUT2D eigenvalue weighted by atomic mass is 10.1. The van der Waals surface area contributed by atoms with Crippen molar-refractivity contribution in [3.05, 3.63) is 89.5 Å². The molecule has 164 valence electrons. The predicted molar refractivity (Wildman–Crippen MR) is 135 cm³/mol. The van der Waals surface area contributed by atoms with E-state index in [9.17, 15) is 0 Å². The van der Waals surface area contributed by atoms with Gasteiger partial charge in [-0.3, -0.25) is 0 Å². The second-order valence-electron chi connectivity index (χ2n) is 9.28. The van der Waals surface area contributed by atoms with Crippen LogP contribution >= 0.6 is 11.3 Å². The molecule has 1 aromatic heterocycles. The molecule has 0 aliphatic heterocycles. The van der Waals surface area contributed by atoms with Crippen molar-refractivity contribution in [3.63, 3.8) is 0 Å². The molecule has 32 heavy (non-hydrogen) atoms. The maximum atomic E-state index is 6.53. The van der Waals surface area contributed by atoms with E-state index >= 15 is 0 Å². The van der Waals surface area contributed by atoms with Gasteiger partial charge in [0.2, 0.25) is 5.69 Å². The normalized spacial score (nSPS) is 11.4. The molecular formula is C28H31N2OS+. The first-order chi connectivity index (χ1) is 15.2. The van der Waals surface area contributed by atoms with E-state index in [0.717, 1.165) is 32.9 Å². The van der Waals surface area contributed by atoms with Gasteiger partial charge in [-0.15, -0.1) is 4.57 Å². The van der Waals surface area contributed by atoms with E-state index in [2.05, 4.69) is 112 Å². The van der Waals surface area contributed by atoms with Gasteiger partial charge in [-0.05, 0) is 77.1 Å². The SMILES string of the molecule is Cc1ccc(Oc2sc(NC(C)(C)C)c(-c3ccccc3)[n+]2-c2c(C)cccc2C)cc1. The minimum absolute atomic E-state index is 0.0892. The van der Waals surface area contributed by atoms with Crippen LogP contribution in [0.25, 0.3) is 16.9 Å². The number of nitrogens with zero attached hydrogens (tertiary/aromatic N) is 1. The van der Waals surface area contributed by atoms with E-state index in [1.54, 1.807) is 11.3 Å². The van der Waals surface area contributed by atoms with E-state index in [-0.39, 0.29) is 5.54 Å². The molecule has 0 saturated carbocycles. The summed E-state index contributed by atoms with van der Waals surface area (Å²) >= 11 is 1.65. The van der Waals surface area contributed by atoms with Gasteiger partial charge >= 0.3 is 5.19 Å². The molecule has 0 aliphatic carbocycles. The molecule has 0 amide bonds. The maximum absolute atomic E-state index is 6.53. The van der Waals surface area contributed by atoms with Crippen LogP contribution in [0.4, 0.5) is 5.00 Å². The number of hydrogen-bond acceptors (Lipinski definition) is 3. The van der Waals surface area contributed by atoms with Crippen LogP contribution in [0.15, 0.2) is 72.8 Å². The molecule has 3 aromatic carbocycles. The van der Waals surface area contributed by atoms with Gasteiger partial charge in [-0.2, -0.15) is 0 Å². The van der Waals surface area contributed by atoms with Gasteiger partial charge in [0.15, 0.2) is 5.00 Å². The van der Waals surface area contributed by atoms with Crippen molar-refractivity contribution in [3.8, 4) is 27.9 Å². The molecule has 4 heteroatoms. The van der Waals surface area contributed by atoms with Gasteiger partial charge in [-0.1, -0.05) is 54.1 Å². The van der Waals surface area contributed by atoms with Crippen LogP contribution in [-0.4, -0.2) is 5.54 Å². The van der Waals surface area contributed by atoms with Gasteiger partial charge in [0.05, 0.1) is 0 Å². The molecule has 0 atom stereocenters. The summed E-state index contributed by atoms with van der Waals surface area (Å²) in [6.45, 7) is 13.0. The summed E-state index contributed by atoms with van der Waals surface area (Å²) < 4.78 is 8.80. The molecule has 0 aliphatic rings. The van der Waals surface area contributed by atoms with Crippen LogP contribution < -0.4 is 14.6 Å². The molecule has 0 unspecified atom stereocenters. The quantitative estimate of drug-likeness (QED) is 0.321. The van der Waals surface area contributed by atoms with Gasteiger partial charge in [0.25, 0.3) is 5.69 Å². The van der Waals surface area contributed by atoms with Crippen molar-refractivity contribution in [1.29, 1.82) is 0 Å². The van der Waals surface area contributed by atoms with Gasteiger partial charge in [-0.25, -0.2) is 0 Å². The summed E-state index contributed by atoms with van der Waals surface area (Å²) in [5.74, 6) is 0.832. The number of rotatable bonds is 5. The lowest BCUT2D eigenvalue weighted by Crippen LogP contribution is -2.35. The Morgan fingerprint density at radius 2 is 1.41 bits per heavy atom. The molecule has 0 saturated heterocycles. The fourth-order valence-corrected chi connectivity index (χ4v) is 5.04. The van der Waals surface area contributed by atoms with Crippen LogP contribution in [0.3, 0.4) is 0 Å². The minimum atomic E-state index is -0.0892. The Labute approximate surface area is 195 Å². The lowest BCUT2D eigenvalue weighted by molar-refractivity contribution is -0.585. The van der Waals surface area contributed by atoms with Crippen molar-refractivity contribution >= 4 is 16.3 Å². The van der Waals surface area contributed by atoms with Crippen molar-refractivity contribution in [2.24, 2.45) is 0 Å². The molecule has 0 bridgehead atoms. The highest BCUT2D eigenvalue weighted by molar-refractivity contribution is 7.17. The molecule has 1 heterocycles. The fourth-order valence-electron chi connectivity index (χ4n) is 3.79. The molecule has 1 N–H and O–H groups in total. The molecule has 0 fully saturated rings. The second kappa shape index (κ2) is 8.79. The number of hydrogen-bond donors (Lipinski definition) is 1. The van der Waals surface area contributed by atoms with E-state index in [1.165, 1.54) is 16.7 Å². The zero-order valence-corrected chi connectivity index (χ0v) is 20.5. The summed E-state index contributed by atoms with van der Waals surface area (Å²) in [5.41, 5.74) is 6.97. The number of benzene rings is 3. The molecule has 3 nitrogen and oxygen atoms in total. The summed E-state index contributed by atoms with van der Waals surface area (Å²) in [6, 6.07) is 25.2. The minimum Gasteiger partial charge on any atom is -0.396 e. The van der Waals surface area contributed by atoms with Crippen molar-refractivity contribution in [2.45, 2.75) is 47.1 Å². The van der Waals surface area contributed by atoms with E-state index < -0.39 is 0 Å². The van der Waals surface area contributed by atoms with Crippen molar-refractivity contribution in [2.75, 3.05) is 5.32 Å². The smallest absolute Gasteiger partial charge is 0.396 e. The Balaban J connectivity index is 2.01. The van der Waals surface area contributed by atoms with E-state index in [1.807, 2.05) is 12.1 Å². The zero-order valence-electron chi connectivity index (χ0n) is 19.7. The molecule has 0 spiro atoms. The Morgan fingerprint density at radius 3 is 2.00 bits per heavy atom. The van der Waals surface area contributed by atoms with Crippen LogP contribution in [0.1, 0.15) is 37.5 Å². The second-order valence-corrected chi connectivity index (χ2v) is 10.2. The highest BCUT2D eigenvalue weighted by atomic mass is 32.1. The van der Waals surface area contributed by atoms with Crippen molar-refractivity contribution < 1.29 is 9.30 Å². The monoisotopic (exact) mass is 443 g/mol. The van der Waals surface area contributed by atoms with Crippen LogP contribution in [0.5, 0.6) is 10.9 Å². The number of ether oxygens (including phenoxy) is 1. The summed E-state index contributed by atoms with van der Waals surface area (Å²) in [7, 11) is 0. The summed E-state index contributed by atoms with van der Waals surface area (Å²) in [6.07, 6.45) is 0. The third-order valence-electron chi connectivity index (χ3n) is 5.24. The van der Waals surface area contributed by atoms with Crippen LogP contribution in [-0.2, 0) is 0 Å². The lowest BCUT2D eigenvalue weighted by Gasteiger charge is -2.20. The fraction of sp³-hybridized carbons (Fsp3) is 0.250. The Kier molecular flexibility index (Phi) is 6.07. The standard InChI is InChI=1S/C28H31N2OS/c1-19-15-17-23(18-16-19)31-27-30(24-20(2)11-10-12-21(24)3)25(22-13-8-7-9-14-22)26(32-27)29-28(4,5)6/h7-18,29H,1-6H3/q+1. The Morgan fingerprint density at radius 1 is 0.781 bits per heavy atom. The third kappa shape index (κ3) is 4.71. The first-order valence-corrected chi connectivity index (χ1v) is 11.8. The number of thiazole rings is 1. The molecule has 4 rings (SSSR count). The van der Waals surface area contributed by atoms with Gasteiger partial charge < -0.3 is 10.1 Å². The highest BCUT2D eigenvalue weighted by Crippen LogP contribution is 2.40. The van der Waals surface area contributed by atoms with E-state index in [0.29, 0.717) is 0 Å². The van der Waals surface area contributed by atoms with Crippen molar-refractivity contribution in [1.82, 2.24) is 0 Å². The molecule has 0 radical (unpaired) electrons. The van der Waals surface area contributed by atoms with E-state index in [4.69, 9.17) is 4.74 Å². The predicted octanol–water partition coefficient (Wildman–Crippen LogP) is 7.62. The number of nitrogens with one attached hydrogen (secondary N) is 1.